The van der Waals surface area contributed by atoms with Crippen molar-refractivity contribution >= 4 is 46.6 Å². The van der Waals surface area contributed by atoms with Crippen LogP contribution in [0.15, 0.2) is 59.9 Å². The fraction of sp³-hybridized carbons (Fsp3) is 0.190. The van der Waals surface area contributed by atoms with Crippen molar-refractivity contribution in [3.63, 3.8) is 0 Å². The summed E-state index contributed by atoms with van der Waals surface area (Å²) in [6, 6.07) is 14.9. The number of benzene rings is 2. The monoisotopic (exact) mass is 441 g/mol. The number of thioether (sulfide) groups is 1. The molecular weight excluding hydrogens is 422 g/mol. The Morgan fingerprint density at radius 3 is 2.73 bits per heavy atom. The molecule has 30 heavy (non-hydrogen) atoms. The maximum absolute atomic E-state index is 13.0. The molecule has 2 amide bonds. The molecule has 0 spiro atoms. The third-order valence-corrected chi connectivity index (χ3v) is 5.70. The summed E-state index contributed by atoms with van der Waals surface area (Å²) < 4.78 is 1.82. The van der Waals surface area contributed by atoms with Gasteiger partial charge in [-0.3, -0.25) is 14.2 Å². The summed E-state index contributed by atoms with van der Waals surface area (Å²) in [6.07, 6.45) is 3.49. The number of halogens is 1. The molecule has 0 aliphatic carbocycles. The normalized spacial score (nSPS) is 13.8. The van der Waals surface area contributed by atoms with Crippen LogP contribution in [-0.2, 0) is 4.79 Å². The van der Waals surface area contributed by atoms with Gasteiger partial charge in [-0.1, -0.05) is 41.6 Å². The van der Waals surface area contributed by atoms with Gasteiger partial charge in [0.05, 0.1) is 23.5 Å². The Morgan fingerprint density at radius 1 is 1.23 bits per heavy atom. The van der Waals surface area contributed by atoms with Gasteiger partial charge in [0.15, 0.2) is 5.16 Å². The van der Waals surface area contributed by atoms with E-state index in [0.717, 1.165) is 16.5 Å². The first-order valence-corrected chi connectivity index (χ1v) is 11.0. The molecule has 3 aromatic rings. The highest BCUT2D eigenvalue weighted by atomic mass is 35.5. The van der Waals surface area contributed by atoms with Crippen molar-refractivity contribution in [1.82, 2.24) is 14.9 Å². The van der Waals surface area contributed by atoms with Crippen LogP contribution in [0, 0.1) is 0 Å². The number of carbonyl (C=O) groups is 2. The van der Waals surface area contributed by atoms with E-state index in [4.69, 9.17) is 11.6 Å². The van der Waals surface area contributed by atoms with Crippen LogP contribution >= 0.6 is 23.4 Å². The first kappa shape index (κ1) is 20.3. The lowest BCUT2D eigenvalue weighted by molar-refractivity contribution is -0.120. The van der Waals surface area contributed by atoms with E-state index in [0.29, 0.717) is 29.5 Å². The molecule has 0 saturated carbocycles. The van der Waals surface area contributed by atoms with Crippen LogP contribution in [0.25, 0.3) is 5.69 Å². The van der Waals surface area contributed by atoms with E-state index in [2.05, 4.69) is 15.6 Å². The minimum atomic E-state index is -0.284. The van der Waals surface area contributed by atoms with Gasteiger partial charge < -0.3 is 15.5 Å². The maximum Gasteiger partial charge on any atom is 0.274 e. The van der Waals surface area contributed by atoms with E-state index in [-0.39, 0.29) is 18.4 Å². The molecule has 0 atom stereocenters. The Kier molecular flexibility index (Phi) is 5.96. The second-order valence-electron chi connectivity index (χ2n) is 6.69. The van der Waals surface area contributed by atoms with Crippen LogP contribution in [-0.4, -0.2) is 47.3 Å². The molecule has 0 bridgehead atoms. The molecule has 2 heterocycles. The van der Waals surface area contributed by atoms with Gasteiger partial charge in [0.25, 0.3) is 5.91 Å². The molecule has 2 N–H and O–H groups in total. The van der Waals surface area contributed by atoms with Gasteiger partial charge >= 0.3 is 0 Å². The van der Waals surface area contributed by atoms with Gasteiger partial charge in [0.2, 0.25) is 5.91 Å². The predicted octanol–water partition coefficient (Wildman–Crippen LogP) is 3.44. The van der Waals surface area contributed by atoms with E-state index in [1.807, 2.05) is 52.1 Å². The van der Waals surface area contributed by atoms with E-state index in [1.54, 1.807) is 18.3 Å². The highest BCUT2D eigenvalue weighted by molar-refractivity contribution is 7.98. The molecular formula is C21H20ClN5O2S. The molecule has 154 valence electrons. The molecule has 0 unspecified atom stereocenters. The Labute approximate surface area is 183 Å². The topological polar surface area (TPSA) is 79.3 Å². The summed E-state index contributed by atoms with van der Waals surface area (Å²) in [4.78, 5) is 30.9. The molecule has 2 aromatic carbocycles. The number of aromatic nitrogens is 2. The molecule has 1 aliphatic rings. The van der Waals surface area contributed by atoms with Gasteiger partial charge in [-0.2, -0.15) is 0 Å². The number of anilines is 2. The van der Waals surface area contributed by atoms with Crippen LogP contribution in [0.5, 0.6) is 0 Å². The minimum absolute atomic E-state index is 0.0338. The van der Waals surface area contributed by atoms with Crippen LogP contribution in [0.4, 0.5) is 11.4 Å². The lowest BCUT2D eigenvalue weighted by Crippen LogP contribution is -2.47. The summed E-state index contributed by atoms with van der Waals surface area (Å²) in [5.74, 6) is -0.318. The predicted molar refractivity (Wildman–Crippen MR) is 120 cm³/mol. The molecule has 1 fully saturated rings. The van der Waals surface area contributed by atoms with Gasteiger partial charge in [0, 0.05) is 24.5 Å². The highest BCUT2D eigenvalue weighted by Gasteiger charge is 2.20. The zero-order valence-corrected chi connectivity index (χ0v) is 17.8. The number of nitrogens with one attached hydrogen (secondary N) is 2. The lowest BCUT2D eigenvalue weighted by Gasteiger charge is -2.29. The zero-order valence-electron chi connectivity index (χ0n) is 16.3. The molecule has 1 aliphatic heterocycles. The SMILES string of the molecule is CSc1ncc(C(=O)Nc2ccc(N3CCNC(=O)C3)c(Cl)c2)n1-c1ccccc1. The van der Waals surface area contributed by atoms with Gasteiger partial charge in [-0.05, 0) is 36.6 Å². The molecule has 9 heteroatoms. The van der Waals surface area contributed by atoms with E-state index in [1.165, 1.54) is 11.8 Å². The van der Waals surface area contributed by atoms with Gasteiger partial charge in [-0.15, -0.1) is 0 Å². The molecule has 7 nitrogen and oxygen atoms in total. The number of imidazole rings is 1. The number of hydrogen-bond acceptors (Lipinski definition) is 5. The Balaban J connectivity index is 1.57. The Hall–Kier alpha value is -2.97. The second kappa shape index (κ2) is 8.81. The van der Waals surface area contributed by atoms with Crippen molar-refractivity contribution in [2.75, 3.05) is 36.1 Å². The standard InChI is InChI=1S/C21H20ClN5O2S/c1-30-21-24-12-18(27(21)15-5-3-2-4-6-15)20(29)25-14-7-8-17(16(22)11-14)26-10-9-23-19(28)13-26/h2-8,11-12H,9-10,13H2,1H3,(H,23,28)(H,25,29). The third-order valence-electron chi connectivity index (χ3n) is 4.74. The fourth-order valence-electron chi connectivity index (χ4n) is 3.35. The highest BCUT2D eigenvalue weighted by Crippen LogP contribution is 2.30. The summed E-state index contributed by atoms with van der Waals surface area (Å²) >= 11 is 7.92. The van der Waals surface area contributed by atoms with Crippen LogP contribution in [0.3, 0.4) is 0 Å². The van der Waals surface area contributed by atoms with Crippen molar-refractivity contribution in [2.45, 2.75) is 5.16 Å². The van der Waals surface area contributed by atoms with Crippen molar-refractivity contribution < 1.29 is 9.59 Å². The summed E-state index contributed by atoms with van der Waals surface area (Å²) in [5.41, 5.74) is 2.63. The fourth-order valence-corrected chi connectivity index (χ4v) is 4.19. The van der Waals surface area contributed by atoms with E-state index in [9.17, 15) is 9.59 Å². The van der Waals surface area contributed by atoms with Crippen molar-refractivity contribution in [3.8, 4) is 5.69 Å². The number of amides is 2. The lowest BCUT2D eigenvalue weighted by atomic mass is 10.2. The number of piperazine rings is 1. The summed E-state index contributed by atoms with van der Waals surface area (Å²) in [6.45, 7) is 1.53. The Bertz CT molecular complexity index is 1090. The first-order chi connectivity index (χ1) is 14.6. The number of rotatable bonds is 5. The Morgan fingerprint density at radius 2 is 2.03 bits per heavy atom. The van der Waals surface area contributed by atoms with Gasteiger partial charge in [-0.25, -0.2) is 4.98 Å². The van der Waals surface area contributed by atoms with Crippen molar-refractivity contribution in [3.05, 3.63) is 65.4 Å². The zero-order chi connectivity index (χ0) is 21.1. The third kappa shape index (κ3) is 4.15. The molecule has 0 radical (unpaired) electrons. The van der Waals surface area contributed by atoms with Gasteiger partial charge in [0.1, 0.15) is 5.69 Å². The number of carbonyl (C=O) groups excluding carboxylic acids is 2. The average molecular weight is 442 g/mol. The average Bonchev–Trinajstić information content (AvgIpc) is 3.19. The summed E-state index contributed by atoms with van der Waals surface area (Å²) in [5, 5.41) is 6.89. The maximum atomic E-state index is 13.0. The number of nitrogens with zero attached hydrogens (tertiary/aromatic N) is 3. The van der Waals surface area contributed by atoms with Crippen molar-refractivity contribution in [2.24, 2.45) is 0 Å². The second-order valence-corrected chi connectivity index (χ2v) is 7.87. The quantitative estimate of drug-likeness (QED) is 0.593. The summed E-state index contributed by atoms with van der Waals surface area (Å²) in [7, 11) is 0. The van der Waals surface area contributed by atoms with E-state index >= 15 is 0 Å². The smallest absolute Gasteiger partial charge is 0.274 e. The van der Waals surface area contributed by atoms with E-state index < -0.39 is 0 Å². The van der Waals surface area contributed by atoms with Crippen LogP contribution in [0.1, 0.15) is 10.5 Å². The molecule has 1 aromatic heterocycles. The molecule has 4 rings (SSSR count). The van der Waals surface area contributed by atoms with Crippen molar-refractivity contribution in [1.29, 1.82) is 0 Å². The minimum Gasteiger partial charge on any atom is -0.359 e. The van der Waals surface area contributed by atoms with Crippen LogP contribution in [0.2, 0.25) is 5.02 Å². The molecule has 1 saturated heterocycles. The number of hydrogen-bond donors (Lipinski definition) is 2. The largest absolute Gasteiger partial charge is 0.359 e. The first-order valence-electron chi connectivity index (χ1n) is 9.36. The van der Waals surface area contributed by atoms with Crippen LogP contribution < -0.4 is 15.5 Å². The number of para-hydroxylation sites is 1.